The monoisotopic (exact) mass is 295 g/mol. The smallest absolute Gasteiger partial charge is 0.332 e. The number of methoxy groups -OCH3 is 1. The van der Waals surface area contributed by atoms with E-state index in [0.29, 0.717) is 13.2 Å². The highest BCUT2D eigenvalue weighted by atomic mass is 16.6. The lowest BCUT2D eigenvalue weighted by atomic mass is 10.2. The third kappa shape index (κ3) is 6.27. The minimum absolute atomic E-state index is 0.146. The van der Waals surface area contributed by atoms with Crippen LogP contribution in [-0.2, 0) is 25.6 Å². The van der Waals surface area contributed by atoms with E-state index in [1.807, 2.05) is 24.3 Å². The van der Waals surface area contributed by atoms with E-state index in [-0.39, 0.29) is 12.5 Å². The van der Waals surface area contributed by atoms with Crippen LogP contribution in [0.3, 0.4) is 0 Å². The molecule has 0 saturated heterocycles. The molecule has 0 spiro atoms. The largest absolute Gasteiger partial charge is 0.497 e. The highest BCUT2D eigenvalue weighted by Crippen LogP contribution is 2.11. The van der Waals surface area contributed by atoms with Crippen LogP contribution in [0, 0.1) is 0 Å². The number of benzene rings is 1. The van der Waals surface area contributed by atoms with Gasteiger partial charge in [-0.1, -0.05) is 12.1 Å². The van der Waals surface area contributed by atoms with E-state index in [4.69, 9.17) is 14.2 Å². The molecule has 1 N–H and O–H groups in total. The van der Waals surface area contributed by atoms with Gasteiger partial charge in [0.1, 0.15) is 12.4 Å². The van der Waals surface area contributed by atoms with Crippen LogP contribution in [0.1, 0.15) is 19.4 Å². The van der Waals surface area contributed by atoms with E-state index in [9.17, 15) is 9.59 Å². The van der Waals surface area contributed by atoms with Crippen LogP contribution >= 0.6 is 0 Å². The highest BCUT2D eigenvalue weighted by Gasteiger charge is 2.17. The molecule has 0 bridgehead atoms. The van der Waals surface area contributed by atoms with Crippen LogP contribution in [0.5, 0.6) is 5.75 Å². The first-order chi connectivity index (χ1) is 10.1. The van der Waals surface area contributed by atoms with Crippen LogP contribution in [0.2, 0.25) is 0 Å². The average Bonchev–Trinajstić information content (AvgIpc) is 2.50. The van der Waals surface area contributed by atoms with Crippen molar-refractivity contribution in [2.45, 2.75) is 26.5 Å². The Morgan fingerprint density at radius 2 is 1.90 bits per heavy atom. The molecule has 0 aliphatic carbocycles. The predicted octanol–water partition coefficient (Wildman–Crippen LogP) is 1.28. The molecule has 0 aliphatic rings. The second-order valence-corrected chi connectivity index (χ2v) is 4.34. The standard InChI is InChI=1S/C15H21NO5/c1-4-20-10-14(17)21-11(2)15(18)16-9-12-5-7-13(19-3)8-6-12/h5-8,11H,4,9-10H2,1-3H3,(H,16,18)/t11-/m0/s1. The van der Waals surface area contributed by atoms with Gasteiger partial charge in [-0.3, -0.25) is 4.79 Å². The Bertz CT molecular complexity index is 458. The molecule has 6 heteroatoms. The first-order valence-electron chi connectivity index (χ1n) is 6.74. The number of ether oxygens (including phenoxy) is 3. The zero-order chi connectivity index (χ0) is 15.7. The summed E-state index contributed by atoms with van der Waals surface area (Å²) in [6, 6.07) is 7.33. The fourth-order valence-corrected chi connectivity index (χ4v) is 1.55. The summed E-state index contributed by atoms with van der Waals surface area (Å²) in [5.41, 5.74) is 0.928. The molecule has 0 radical (unpaired) electrons. The van der Waals surface area contributed by atoms with Gasteiger partial charge in [0.25, 0.3) is 5.91 Å². The lowest BCUT2D eigenvalue weighted by molar-refractivity contribution is -0.158. The van der Waals surface area contributed by atoms with E-state index in [0.717, 1.165) is 11.3 Å². The Labute approximate surface area is 124 Å². The fourth-order valence-electron chi connectivity index (χ4n) is 1.55. The second-order valence-electron chi connectivity index (χ2n) is 4.34. The molecule has 1 aromatic carbocycles. The van der Waals surface area contributed by atoms with E-state index in [1.54, 1.807) is 14.0 Å². The average molecular weight is 295 g/mol. The van der Waals surface area contributed by atoms with Crippen LogP contribution in [-0.4, -0.2) is 38.3 Å². The Balaban J connectivity index is 2.36. The summed E-state index contributed by atoms with van der Waals surface area (Å²) in [6.07, 6.45) is -0.851. The Morgan fingerprint density at radius 3 is 2.48 bits per heavy atom. The van der Waals surface area contributed by atoms with E-state index < -0.39 is 12.1 Å². The summed E-state index contributed by atoms with van der Waals surface area (Å²) in [4.78, 5) is 23.1. The van der Waals surface area contributed by atoms with Gasteiger partial charge in [0.2, 0.25) is 0 Å². The van der Waals surface area contributed by atoms with Crippen LogP contribution in [0.25, 0.3) is 0 Å². The van der Waals surface area contributed by atoms with Gasteiger partial charge in [0, 0.05) is 13.2 Å². The van der Waals surface area contributed by atoms with Gasteiger partial charge in [-0.2, -0.15) is 0 Å². The Kier molecular flexibility index (Phi) is 7.25. The molecule has 116 valence electrons. The van der Waals surface area contributed by atoms with Crippen LogP contribution < -0.4 is 10.1 Å². The molecule has 0 heterocycles. The number of carbonyl (C=O) groups excluding carboxylic acids is 2. The van der Waals surface area contributed by atoms with Gasteiger partial charge in [-0.05, 0) is 31.5 Å². The minimum Gasteiger partial charge on any atom is -0.497 e. The fraction of sp³-hybridized carbons (Fsp3) is 0.467. The second kappa shape index (κ2) is 8.97. The van der Waals surface area contributed by atoms with Crippen molar-refractivity contribution in [1.29, 1.82) is 0 Å². The van der Waals surface area contributed by atoms with Crippen molar-refractivity contribution in [3.8, 4) is 5.75 Å². The molecule has 0 unspecified atom stereocenters. The van der Waals surface area contributed by atoms with Crippen molar-refractivity contribution in [2.75, 3.05) is 20.3 Å². The number of nitrogens with one attached hydrogen (secondary N) is 1. The maximum Gasteiger partial charge on any atom is 0.332 e. The van der Waals surface area contributed by atoms with E-state index in [2.05, 4.69) is 5.32 Å². The molecular formula is C15H21NO5. The summed E-state index contributed by atoms with van der Waals surface area (Å²) >= 11 is 0. The molecule has 21 heavy (non-hydrogen) atoms. The summed E-state index contributed by atoms with van der Waals surface area (Å²) in [6.45, 7) is 3.93. The number of esters is 1. The molecule has 1 atom stereocenters. The molecular weight excluding hydrogens is 274 g/mol. The van der Waals surface area contributed by atoms with E-state index >= 15 is 0 Å². The zero-order valence-electron chi connectivity index (χ0n) is 12.5. The first kappa shape index (κ1) is 17.0. The summed E-state index contributed by atoms with van der Waals surface area (Å²) in [7, 11) is 1.59. The third-order valence-electron chi connectivity index (χ3n) is 2.73. The van der Waals surface area contributed by atoms with Crippen molar-refractivity contribution < 1.29 is 23.8 Å². The van der Waals surface area contributed by atoms with Crippen molar-refractivity contribution in [2.24, 2.45) is 0 Å². The summed E-state index contributed by atoms with van der Waals surface area (Å²) < 4.78 is 14.9. The predicted molar refractivity (Wildman–Crippen MR) is 76.9 cm³/mol. The van der Waals surface area contributed by atoms with E-state index in [1.165, 1.54) is 6.92 Å². The number of amides is 1. The lowest BCUT2D eigenvalue weighted by Gasteiger charge is -2.13. The number of hydrogen-bond donors (Lipinski definition) is 1. The topological polar surface area (TPSA) is 73.9 Å². The molecule has 0 fully saturated rings. The molecule has 6 nitrogen and oxygen atoms in total. The highest BCUT2D eigenvalue weighted by molar-refractivity contribution is 5.83. The van der Waals surface area contributed by atoms with Crippen LogP contribution in [0.15, 0.2) is 24.3 Å². The van der Waals surface area contributed by atoms with Crippen LogP contribution in [0.4, 0.5) is 0 Å². The van der Waals surface area contributed by atoms with Gasteiger partial charge in [-0.25, -0.2) is 4.79 Å². The molecule has 0 saturated carbocycles. The quantitative estimate of drug-likeness (QED) is 0.731. The maximum atomic E-state index is 11.8. The third-order valence-corrected chi connectivity index (χ3v) is 2.73. The minimum atomic E-state index is -0.851. The zero-order valence-corrected chi connectivity index (χ0v) is 12.5. The molecule has 1 rings (SSSR count). The normalized spacial score (nSPS) is 11.6. The molecule has 1 amide bonds. The number of carbonyl (C=O) groups is 2. The summed E-state index contributed by atoms with van der Waals surface area (Å²) in [5, 5.41) is 2.70. The SMILES string of the molecule is CCOCC(=O)O[C@@H](C)C(=O)NCc1ccc(OC)cc1. The van der Waals surface area contributed by atoms with Gasteiger partial charge < -0.3 is 19.5 Å². The van der Waals surface area contributed by atoms with Crippen molar-refractivity contribution >= 4 is 11.9 Å². The van der Waals surface area contributed by atoms with Crippen molar-refractivity contribution in [3.05, 3.63) is 29.8 Å². The number of rotatable bonds is 8. The van der Waals surface area contributed by atoms with Crippen molar-refractivity contribution in [1.82, 2.24) is 5.32 Å². The first-order valence-corrected chi connectivity index (χ1v) is 6.74. The molecule has 0 aromatic heterocycles. The number of hydrogen-bond acceptors (Lipinski definition) is 5. The molecule has 0 aliphatic heterocycles. The van der Waals surface area contributed by atoms with Gasteiger partial charge in [-0.15, -0.1) is 0 Å². The molecule has 1 aromatic rings. The summed E-state index contributed by atoms with van der Waals surface area (Å²) in [5.74, 6) is -0.150. The van der Waals surface area contributed by atoms with Crippen molar-refractivity contribution in [3.63, 3.8) is 0 Å². The van der Waals surface area contributed by atoms with Gasteiger partial charge >= 0.3 is 5.97 Å². The maximum absolute atomic E-state index is 11.8. The van der Waals surface area contributed by atoms with Gasteiger partial charge in [0.05, 0.1) is 7.11 Å². The van der Waals surface area contributed by atoms with Gasteiger partial charge in [0.15, 0.2) is 6.10 Å². The Morgan fingerprint density at radius 1 is 1.24 bits per heavy atom. The lowest BCUT2D eigenvalue weighted by Crippen LogP contribution is -2.36. The Hall–Kier alpha value is -2.08.